The van der Waals surface area contributed by atoms with Crippen LogP contribution in [0.4, 0.5) is 10.3 Å². The minimum absolute atomic E-state index is 0.117. The van der Waals surface area contributed by atoms with Gasteiger partial charge in [-0.1, -0.05) is 6.92 Å². The fourth-order valence-corrected chi connectivity index (χ4v) is 4.46. The van der Waals surface area contributed by atoms with Crippen molar-refractivity contribution in [3.63, 3.8) is 0 Å². The number of hydrogen-bond acceptors (Lipinski definition) is 10. The van der Waals surface area contributed by atoms with Crippen molar-refractivity contribution in [1.29, 1.82) is 0 Å². The average molecular weight is 530 g/mol. The summed E-state index contributed by atoms with van der Waals surface area (Å²) in [4.78, 5) is 68.0. The molecule has 1 aliphatic rings. The lowest BCUT2D eigenvalue weighted by molar-refractivity contribution is -0.159. The number of anilines is 1. The quantitative estimate of drug-likeness (QED) is 0.442. The second-order valence-corrected chi connectivity index (χ2v) is 9.12. The molecule has 5 atom stereocenters. The smallest absolute Gasteiger partial charge is 0.332 e. The topological polar surface area (TPSA) is 164 Å². The Kier molecular flexibility index (Phi) is 8.55. The molecular formula is C21H28FN5O8S. The first-order valence-corrected chi connectivity index (χ1v) is 12.5. The lowest BCUT2D eigenvalue weighted by atomic mass is 10.0. The monoisotopic (exact) mass is 529 g/mol. The SMILES string of the molecule is CC[C@H](OC(C)=O)[C@H]1O[C@@H](n2c(=O)n(CCSC)c3c(=O)[nH]c(NC(C)=O)nc32)[C@H](OC(C)=O)[C@H]1F. The summed E-state index contributed by atoms with van der Waals surface area (Å²) < 4.78 is 34.0. The van der Waals surface area contributed by atoms with Crippen LogP contribution < -0.4 is 16.6 Å². The number of aromatic nitrogens is 4. The van der Waals surface area contributed by atoms with Crippen LogP contribution in [0.5, 0.6) is 0 Å². The Morgan fingerprint density at radius 1 is 1.25 bits per heavy atom. The number of aryl methyl sites for hydroxylation is 1. The van der Waals surface area contributed by atoms with Crippen LogP contribution in [0.2, 0.25) is 0 Å². The van der Waals surface area contributed by atoms with Crippen LogP contribution >= 0.6 is 11.8 Å². The second kappa shape index (κ2) is 11.2. The molecule has 0 unspecified atom stereocenters. The molecule has 36 heavy (non-hydrogen) atoms. The Morgan fingerprint density at radius 2 is 1.94 bits per heavy atom. The van der Waals surface area contributed by atoms with Gasteiger partial charge in [0.2, 0.25) is 11.9 Å². The molecule has 13 nitrogen and oxygen atoms in total. The highest BCUT2D eigenvalue weighted by molar-refractivity contribution is 7.98. The third kappa shape index (κ3) is 5.46. The molecule has 1 fully saturated rings. The van der Waals surface area contributed by atoms with E-state index in [1.165, 1.54) is 18.7 Å². The van der Waals surface area contributed by atoms with Crippen molar-refractivity contribution >= 4 is 46.7 Å². The first-order chi connectivity index (χ1) is 17.0. The van der Waals surface area contributed by atoms with Gasteiger partial charge < -0.3 is 14.2 Å². The Balaban J connectivity index is 2.24. The van der Waals surface area contributed by atoms with Crippen LogP contribution in [0.3, 0.4) is 0 Å². The molecule has 1 amide bonds. The molecular weight excluding hydrogens is 501 g/mol. The number of halogens is 1. The van der Waals surface area contributed by atoms with E-state index in [1.54, 1.807) is 6.92 Å². The summed E-state index contributed by atoms with van der Waals surface area (Å²) in [6.07, 6.45) is -5.54. The zero-order chi connectivity index (χ0) is 26.7. The van der Waals surface area contributed by atoms with Gasteiger partial charge in [-0.15, -0.1) is 0 Å². The maximum atomic E-state index is 15.6. The number of amides is 1. The van der Waals surface area contributed by atoms with Gasteiger partial charge in [0.15, 0.2) is 29.7 Å². The summed E-state index contributed by atoms with van der Waals surface area (Å²) in [7, 11) is 0. The summed E-state index contributed by atoms with van der Waals surface area (Å²) in [5.41, 5.74) is -1.81. The van der Waals surface area contributed by atoms with Gasteiger partial charge in [-0.25, -0.2) is 13.8 Å². The number of rotatable bonds is 9. The van der Waals surface area contributed by atoms with E-state index in [4.69, 9.17) is 14.2 Å². The maximum Gasteiger partial charge on any atom is 0.332 e. The molecule has 0 aliphatic carbocycles. The number of nitrogens with one attached hydrogen (secondary N) is 2. The van der Waals surface area contributed by atoms with E-state index in [0.29, 0.717) is 5.75 Å². The van der Waals surface area contributed by atoms with Crippen molar-refractivity contribution in [1.82, 2.24) is 19.1 Å². The molecule has 0 aromatic carbocycles. The number of fused-ring (bicyclic) bond motifs is 1. The normalized spacial score (nSPS) is 22.4. The number of alkyl halides is 1. The number of ether oxygens (including phenoxy) is 3. The highest BCUT2D eigenvalue weighted by Crippen LogP contribution is 2.37. The van der Waals surface area contributed by atoms with Crippen molar-refractivity contribution in [2.75, 3.05) is 17.3 Å². The molecule has 0 radical (unpaired) electrons. The lowest BCUT2D eigenvalue weighted by Gasteiger charge is -2.23. The molecule has 3 heterocycles. The van der Waals surface area contributed by atoms with E-state index < -0.39 is 59.8 Å². The summed E-state index contributed by atoms with van der Waals surface area (Å²) in [5.74, 6) is -1.80. The lowest BCUT2D eigenvalue weighted by Crippen LogP contribution is -2.40. The van der Waals surface area contributed by atoms with E-state index >= 15 is 4.39 Å². The van der Waals surface area contributed by atoms with Crippen molar-refractivity contribution in [3.8, 4) is 0 Å². The molecule has 198 valence electrons. The van der Waals surface area contributed by atoms with E-state index in [0.717, 1.165) is 23.0 Å². The Morgan fingerprint density at radius 3 is 2.50 bits per heavy atom. The molecule has 2 N–H and O–H groups in total. The number of hydrogen-bond donors (Lipinski definition) is 2. The summed E-state index contributed by atoms with van der Waals surface area (Å²) in [5, 5.41) is 2.35. The number of thioether (sulfide) groups is 1. The van der Waals surface area contributed by atoms with Gasteiger partial charge in [0.1, 0.15) is 12.2 Å². The van der Waals surface area contributed by atoms with E-state index in [-0.39, 0.29) is 30.1 Å². The van der Waals surface area contributed by atoms with Crippen LogP contribution in [0.25, 0.3) is 11.2 Å². The van der Waals surface area contributed by atoms with E-state index in [2.05, 4.69) is 15.3 Å². The largest absolute Gasteiger partial charge is 0.460 e. The van der Waals surface area contributed by atoms with Crippen molar-refractivity contribution in [2.24, 2.45) is 0 Å². The number of aromatic amines is 1. The number of esters is 2. The zero-order valence-electron chi connectivity index (χ0n) is 20.4. The number of H-pyrrole nitrogens is 1. The molecule has 0 spiro atoms. The van der Waals surface area contributed by atoms with Gasteiger partial charge in [0.25, 0.3) is 5.56 Å². The highest BCUT2D eigenvalue weighted by Gasteiger charge is 2.53. The minimum atomic E-state index is -1.98. The van der Waals surface area contributed by atoms with Crippen LogP contribution in [0, 0.1) is 0 Å². The average Bonchev–Trinajstić information content (AvgIpc) is 3.23. The first kappa shape index (κ1) is 27.4. The van der Waals surface area contributed by atoms with Crippen molar-refractivity contribution < 1.29 is 33.0 Å². The van der Waals surface area contributed by atoms with Gasteiger partial charge in [-0.2, -0.15) is 16.7 Å². The predicted octanol–water partition coefficient (Wildman–Crippen LogP) is 0.717. The standard InChI is InChI=1S/C21H28FN5O8S/c1-6-12(33-10(3)29)15-13(22)16(34-11(4)30)19(35-15)27-17-14(26(21(27)32)7-8-36-5)18(31)25-20(24-17)23-9(2)28/h12-13,15-16,19H,6-8H2,1-5H3,(H2,23,24,25,28,31)/t12-,13-,15+,16+,19+/m0/s1. The Hall–Kier alpha value is -3.20. The molecule has 1 saturated heterocycles. The Labute approximate surface area is 208 Å². The fourth-order valence-electron chi connectivity index (χ4n) is 4.10. The maximum absolute atomic E-state index is 15.6. The number of nitrogens with zero attached hydrogens (tertiary/aromatic N) is 3. The predicted molar refractivity (Wildman–Crippen MR) is 128 cm³/mol. The van der Waals surface area contributed by atoms with Gasteiger partial charge in [0, 0.05) is 33.1 Å². The fraction of sp³-hybridized carbons (Fsp3) is 0.619. The third-order valence-electron chi connectivity index (χ3n) is 5.47. The Bertz CT molecular complexity index is 1270. The molecule has 2 aromatic rings. The van der Waals surface area contributed by atoms with Crippen LogP contribution in [-0.4, -0.2) is 73.4 Å². The molecule has 15 heteroatoms. The summed E-state index contributed by atoms with van der Waals surface area (Å²) >= 11 is 1.43. The van der Waals surface area contributed by atoms with Crippen molar-refractivity contribution in [2.45, 2.75) is 71.4 Å². The zero-order valence-corrected chi connectivity index (χ0v) is 21.2. The van der Waals surface area contributed by atoms with Gasteiger partial charge in [0.05, 0.1) is 0 Å². The summed E-state index contributed by atoms with van der Waals surface area (Å²) in [6, 6.07) is 0. The molecule has 0 bridgehead atoms. The number of imidazole rings is 1. The van der Waals surface area contributed by atoms with Crippen molar-refractivity contribution in [3.05, 3.63) is 20.8 Å². The molecule has 3 rings (SSSR count). The highest BCUT2D eigenvalue weighted by atomic mass is 32.2. The van der Waals surface area contributed by atoms with Crippen LogP contribution in [0.1, 0.15) is 40.3 Å². The van der Waals surface area contributed by atoms with Crippen LogP contribution in [-0.2, 0) is 35.1 Å². The van der Waals surface area contributed by atoms with Gasteiger partial charge in [-0.3, -0.25) is 34.0 Å². The third-order valence-corrected chi connectivity index (χ3v) is 6.06. The second-order valence-electron chi connectivity index (χ2n) is 8.13. The van der Waals surface area contributed by atoms with Gasteiger partial charge >= 0.3 is 17.6 Å². The van der Waals surface area contributed by atoms with Crippen LogP contribution in [0.15, 0.2) is 9.59 Å². The van der Waals surface area contributed by atoms with Gasteiger partial charge in [-0.05, 0) is 12.7 Å². The molecule has 0 saturated carbocycles. The molecule has 1 aliphatic heterocycles. The number of carbonyl (C=O) groups is 3. The molecule has 2 aromatic heterocycles. The van der Waals surface area contributed by atoms with E-state index in [9.17, 15) is 24.0 Å². The first-order valence-electron chi connectivity index (χ1n) is 11.2. The minimum Gasteiger partial charge on any atom is -0.460 e. The van der Waals surface area contributed by atoms with E-state index in [1.807, 2.05) is 6.26 Å². The summed E-state index contributed by atoms with van der Waals surface area (Å²) in [6.45, 7) is 5.21. The number of carbonyl (C=O) groups excluding carboxylic acids is 3.